The molecular weight excluding hydrogens is 376 g/mol. The summed E-state index contributed by atoms with van der Waals surface area (Å²) in [5.41, 5.74) is 0.174. The number of ether oxygens (including phenoxy) is 1. The number of hydrogen-bond acceptors (Lipinski definition) is 3. The van der Waals surface area contributed by atoms with E-state index in [0.717, 1.165) is 10.8 Å². The summed E-state index contributed by atoms with van der Waals surface area (Å²) in [4.78, 5) is 24.4. The van der Waals surface area contributed by atoms with E-state index >= 15 is 0 Å². The molecule has 0 saturated carbocycles. The van der Waals surface area contributed by atoms with Gasteiger partial charge in [0.2, 0.25) is 0 Å². The zero-order chi connectivity index (χ0) is 19.6. The lowest BCUT2D eigenvalue weighted by molar-refractivity contribution is -0.123. The maximum absolute atomic E-state index is 13.3. The van der Waals surface area contributed by atoms with Crippen LogP contribution in [0.5, 0.6) is 0 Å². The molecule has 0 aliphatic carbocycles. The third-order valence-corrected chi connectivity index (χ3v) is 4.21. The summed E-state index contributed by atoms with van der Waals surface area (Å²) in [7, 11) is 0. The third-order valence-electron chi connectivity index (χ3n) is 3.90. The molecule has 7 heteroatoms. The quantitative estimate of drug-likeness (QED) is 0.507. The minimum Gasteiger partial charge on any atom is -0.449 e. The first-order valence-corrected chi connectivity index (χ1v) is 8.38. The topological polar surface area (TPSA) is 55.4 Å². The van der Waals surface area contributed by atoms with Gasteiger partial charge in [-0.25, -0.2) is 13.6 Å². The molecule has 0 spiro atoms. The predicted octanol–water partition coefficient (Wildman–Crippen LogP) is 4.96. The summed E-state index contributed by atoms with van der Waals surface area (Å²) in [6, 6.07) is 14.3. The normalized spacial score (nSPS) is 11.9. The van der Waals surface area contributed by atoms with Crippen LogP contribution in [0, 0.1) is 11.6 Å². The van der Waals surface area contributed by atoms with Crippen molar-refractivity contribution in [3.8, 4) is 0 Å². The highest BCUT2D eigenvalue weighted by molar-refractivity contribution is 6.33. The summed E-state index contributed by atoms with van der Waals surface area (Å²) < 4.78 is 31.4. The van der Waals surface area contributed by atoms with Crippen LogP contribution in [0.1, 0.15) is 17.3 Å². The predicted molar refractivity (Wildman–Crippen MR) is 98.8 cm³/mol. The molecule has 0 fully saturated rings. The second-order valence-electron chi connectivity index (χ2n) is 5.84. The SMILES string of the molecule is C[C@H](OC(=O)c1cc(F)c(F)cc1Cl)C(=O)Nc1ccc2ccccc2c1. The molecule has 0 aliphatic heterocycles. The van der Waals surface area contributed by atoms with Gasteiger partial charge in [0, 0.05) is 5.69 Å². The van der Waals surface area contributed by atoms with E-state index in [4.69, 9.17) is 16.3 Å². The van der Waals surface area contributed by atoms with E-state index in [9.17, 15) is 18.4 Å². The molecule has 3 rings (SSSR count). The van der Waals surface area contributed by atoms with Crippen molar-refractivity contribution < 1.29 is 23.1 Å². The molecular formula is C20H14ClF2NO3. The molecule has 138 valence electrons. The van der Waals surface area contributed by atoms with Crippen LogP contribution in [0.4, 0.5) is 14.5 Å². The highest BCUT2D eigenvalue weighted by Gasteiger charge is 2.22. The van der Waals surface area contributed by atoms with Gasteiger partial charge in [0.15, 0.2) is 17.7 Å². The number of nitrogens with one attached hydrogen (secondary N) is 1. The molecule has 0 aromatic heterocycles. The van der Waals surface area contributed by atoms with Crippen LogP contribution < -0.4 is 5.32 Å². The number of amides is 1. The Balaban J connectivity index is 1.69. The van der Waals surface area contributed by atoms with Crippen molar-refractivity contribution in [3.05, 3.63) is 76.8 Å². The van der Waals surface area contributed by atoms with Gasteiger partial charge in [-0.05, 0) is 42.0 Å². The van der Waals surface area contributed by atoms with E-state index in [1.54, 1.807) is 12.1 Å². The van der Waals surface area contributed by atoms with E-state index < -0.39 is 29.6 Å². The van der Waals surface area contributed by atoms with Gasteiger partial charge in [-0.1, -0.05) is 41.9 Å². The molecule has 0 saturated heterocycles. The van der Waals surface area contributed by atoms with Crippen molar-refractivity contribution in [1.29, 1.82) is 0 Å². The number of carbonyl (C=O) groups is 2. The number of carbonyl (C=O) groups excluding carboxylic acids is 2. The minimum absolute atomic E-state index is 0.305. The number of fused-ring (bicyclic) bond motifs is 1. The van der Waals surface area contributed by atoms with Gasteiger partial charge in [0.1, 0.15) is 0 Å². The zero-order valence-electron chi connectivity index (χ0n) is 14.1. The fourth-order valence-corrected chi connectivity index (χ4v) is 2.70. The number of anilines is 1. The van der Waals surface area contributed by atoms with Gasteiger partial charge in [0.05, 0.1) is 10.6 Å². The lowest BCUT2D eigenvalue weighted by atomic mass is 10.1. The maximum atomic E-state index is 13.3. The van der Waals surface area contributed by atoms with Gasteiger partial charge in [-0.15, -0.1) is 0 Å². The van der Waals surface area contributed by atoms with E-state index in [-0.39, 0.29) is 10.6 Å². The lowest BCUT2D eigenvalue weighted by Crippen LogP contribution is -2.30. The average Bonchev–Trinajstić information content (AvgIpc) is 2.64. The molecule has 0 bridgehead atoms. The number of hydrogen-bond donors (Lipinski definition) is 1. The molecule has 1 atom stereocenters. The van der Waals surface area contributed by atoms with Crippen molar-refractivity contribution in [2.75, 3.05) is 5.32 Å². The summed E-state index contributed by atoms with van der Waals surface area (Å²) in [6.07, 6.45) is -1.17. The monoisotopic (exact) mass is 389 g/mol. The van der Waals surface area contributed by atoms with Gasteiger partial charge in [0.25, 0.3) is 5.91 Å². The molecule has 3 aromatic carbocycles. The van der Waals surface area contributed by atoms with E-state index in [1.165, 1.54) is 6.92 Å². The van der Waals surface area contributed by atoms with E-state index in [1.807, 2.05) is 30.3 Å². The first kappa shape index (κ1) is 18.8. The molecule has 0 aliphatic rings. The lowest BCUT2D eigenvalue weighted by Gasteiger charge is -2.14. The van der Waals surface area contributed by atoms with E-state index in [0.29, 0.717) is 17.8 Å². The average molecular weight is 390 g/mol. The first-order chi connectivity index (χ1) is 12.8. The van der Waals surface area contributed by atoms with Gasteiger partial charge in [-0.2, -0.15) is 0 Å². The van der Waals surface area contributed by atoms with Gasteiger partial charge >= 0.3 is 5.97 Å². The van der Waals surface area contributed by atoms with Crippen LogP contribution in [-0.2, 0) is 9.53 Å². The van der Waals surface area contributed by atoms with Crippen LogP contribution >= 0.6 is 11.6 Å². The summed E-state index contributed by atoms with van der Waals surface area (Å²) >= 11 is 5.74. The number of rotatable bonds is 4. The smallest absolute Gasteiger partial charge is 0.340 e. The standard InChI is InChI=1S/C20H14ClF2NO3/c1-11(27-20(26)15-9-17(22)18(23)10-16(15)21)19(25)24-14-7-6-12-4-2-3-5-13(12)8-14/h2-11H,1H3,(H,24,25)/t11-/m0/s1. The summed E-state index contributed by atoms with van der Waals surface area (Å²) in [5, 5.41) is 4.29. The molecule has 0 unspecified atom stereocenters. The van der Waals surface area contributed by atoms with Crippen molar-refractivity contribution in [3.63, 3.8) is 0 Å². The fraction of sp³-hybridized carbons (Fsp3) is 0.100. The second kappa shape index (κ2) is 7.72. The number of benzene rings is 3. The Labute approximate surface area is 158 Å². The van der Waals surface area contributed by atoms with Crippen LogP contribution in [-0.4, -0.2) is 18.0 Å². The Bertz CT molecular complexity index is 1040. The molecule has 1 N–H and O–H groups in total. The van der Waals surface area contributed by atoms with Crippen molar-refractivity contribution >= 4 is 39.9 Å². The van der Waals surface area contributed by atoms with Crippen LogP contribution in [0.2, 0.25) is 5.02 Å². The minimum atomic E-state index is -1.24. The summed E-state index contributed by atoms with van der Waals surface area (Å²) in [6.45, 7) is 1.36. The molecule has 3 aromatic rings. The highest BCUT2D eigenvalue weighted by Crippen LogP contribution is 2.22. The van der Waals surface area contributed by atoms with Gasteiger partial charge < -0.3 is 10.1 Å². The maximum Gasteiger partial charge on any atom is 0.340 e. The Hall–Kier alpha value is -2.99. The van der Waals surface area contributed by atoms with Gasteiger partial charge in [-0.3, -0.25) is 4.79 Å². The third kappa shape index (κ3) is 4.23. The van der Waals surface area contributed by atoms with Crippen molar-refractivity contribution in [1.82, 2.24) is 0 Å². The van der Waals surface area contributed by atoms with Crippen LogP contribution in [0.25, 0.3) is 10.8 Å². The Morgan fingerprint density at radius 1 is 1.00 bits per heavy atom. The molecule has 4 nitrogen and oxygen atoms in total. The van der Waals surface area contributed by atoms with Crippen LogP contribution in [0.15, 0.2) is 54.6 Å². The molecule has 1 amide bonds. The zero-order valence-corrected chi connectivity index (χ0v) is 14.9. The Morgan fingerprint density at radius 3 is 2.41 bits per heavy atom. The van der Waals surface area contributed by atoms with Crippen molar-refractivity contribution in [2.24, 2.45) is 0 Å². The summed E-state index contributed by atoms with van der Waals surface area (Å²) in [5.74, 6) is -4.02. The first-order valence-electron chi connectivity index (χ1n) is 8.00. The number of halogens is 3. The highest BCUT2D eigenvalue weighted by atomic mass is 35.5. The fourth-order valence-electron chi connectivity index (χ4n) is 2.47. The molecule has 27 heavy (non-hydrogen) atoms. The van der Waals surface area contributed by atoms with E-state index in [2.05, 4.69) is 5.32 Å². The van der Waals surface area contributed by atoms with Crippen LogP contribution in [0.3, 0.4) is 0 Å². The number of esters is 1. The Morgan fingerprint density at radius 2 is 1.67 bits per heavy atom. The molecule has 0 heterocycles. The molecule has 0 radical (unpaired) electrons. The second-order valence-corrected chi connectivity index (χ2v) is 6.25. The largest absolute Gasteiger partial charge is 0.449 e. The Kier molecular flexibility index (Phi) is 5.37. The van der Waals surface area contributed by atoms with Crippen molar-refractivity contribution in [2.45, 2.75) is 13.0 Å².